The Bertz CT molecular complexity index is 470. The van der Waals surface area contributed by atoms with Gasteiger partial charge < -0.3 is 5.32 Å². The molecule has 1 aliphatic rings. The summed E-state index contributed by atoms with van der Waals surface area (Å²) in [5.74, 6) is 0.584. The monoisotopic (exact) mass is 259 g/mol. The zero-order valence-electron chi connectivity index (χ0n) is 12.5. The number of hydrogen-bond donors (Lipinski definition) is 1. The highest BCUT2D eigenvalue weighted by Gasteiger charge is 2.27. The van der Waals surface area contributed by atoms with Crippen molar-refractivity contribution in [2.75, 3.05) is 7.05 Å². The minimum Gasteiger partial charge on any atom is -0.317 e. The number of nitrogens with one attached hydrogen (secondary N) is 1. The average Bonchev–Trinajstić information content (AvgIpc) is 2.42. The molecule has 2 rings (SSSR count). The van der Waals surface area contributed by atoms with Crippen LogP contribution in [-0.4, -0.2) is 18.9 Å². The fourth-order valence-corrected chi connectivity index (χ4v) is 3.09. The molecule has 104 valence electrons. The second kappa shape index (κ2) is 5.87. The molecule has 1 aliphatic carbocycles. The first-order valence-electron chi connectivity index (χ1n) is 7.32. The van der Waals surface area contributed by atoms with E-state index in [2.05, 4.69) is 38.2 Å². The third-order valence-corrected chi connectivity index (χ3v) is 4.61. The first-order valence-corrected chi connectivity index (χ1v) is 7.32. The molecule has 2 nitrogen and oxygen atoms in total. The molecule has 0 aromatic heterocycles. The minimum absolute atomic E-state index is 0.227. The van der Waals surface area contributed by atoms with E-state index >= 15 is 0 Å². The van der Waals surface area contributed by atoms with Crippen LogP contribution in [0.5, 0.6) is 0 Å². The molecule has 0 spiro atoms. The van der Waals surface area contributed by atoms with Crippen LogP contribution in [0.25, 0.3) is 0 Å². The Morgan fingerprint density at radius 3 is 2.16 bits per heavy atom. The molecule has 1 fully saturated rings. The van der Waals surface area contributed by atoms with Crippen molar-refractivity contribution in [3.05, 3.63) is 34.4 Å². The van der Waals surface area contributed by atoms with Gasteiger partial charge in [0.1, 0.15) is 0 Å². The highest BCUT2D eigenvalue weighted by atomic mass is 16.1. The van der Waals surface area contributed by atoms with E-state index in [1.165, 1.54) is 11.1 Å². The molecule has 0 bridgehead atoms. The molecular formula is C17H25NO. The fourth-order valence-electron chi connectivity index (χ4n) is 3.09. The lowest BCUT2D eigenvalue weighted by atomic mass is 9.80. The Labute approximate surface area is 116 Å². The van der Waals surface area contributed by atoms with E-state index < -0.39 is 0 Å². The largest absolute Gasteiger partial charge is 0.317 e. The Morgan fingerprint density at radius 1 is 1.00 bits per heavy atom. The topological polar surface area (TPSA) is 29.1 Å². The van der Waals surface area contributed by atoms with Gasteiger partial charge in [0.15, 0.2) is 5.78 Å². The first kappa shape index (κ1) is 14.3. The Hall–Kier alpha value is -1.15. The third kappa shape index (κ3) is 3.06. The van der Waals surface area contributed by atoms with Crippen LogP contribution in [0.2, 0.25) is 0 Å². The number of hydrogen-bond acceptors (Lipinski definition) is 2. The number of carbonyl (C=O) groups is 1. The lowest BCUT2D eigenvalue weighted by Crippen LogP contribution is -2.32. The molecule has 1 saturated carbocycles. The van der Waals surface area contributed by atoms with E-state index in [4.69, 9.17) is 0 Å². The van der Waals surface area contributed by atoms with Crippen LogP contribution in [0.4, 0.5) is 0 Å². The number of benzene rings is 1. The second-order valence-electron chi connectivity index (χ2n) is 5.95. The molecule has 0 radical (unpaired) electrons. The maximum absolute atomic E-state index is 12.7. The van der Waals surface area contributed by atoms with E-state index in [1.807, 2.05) is 7.05 Å². The van der Waals surface area contributed by atoms with Crippen LogP contribution in [0.3, 0.4) is 0 Å². The van der Waals surface area contributed by atoms with Gasteiger partial charge in [0, 0.05) is 17.5 Å². The van der Waals surface area contributed by atoms with Crippen molar-refractivity contribution in [1.29, 1.82) is 0 Å². The Kier molecular flexibility index (Phi) is 4.41. The van der Waals surface area contributed by atoms with E-state index in [1.54, 1.807) is 0 Å². The van der Waals surface area contributed by atoms with Gasteiger partial charge in [-0.25, -0.2) is 0 Å². The smallest absolute Gasteiger partial charge is 0.166 e. The molecular weight excluding hydrogens is 234 g/mol. The predicted octanol–water partition coefficient (Wildman–Crippen LogP) is 3.57. The van der Waals surface area contributed by atoms with Crippen molar-refractivity contribution in [2.45, 2.75) is 52.5 Å². The van der Waals surface area contributed by atoms with E-state index in [0.29, 0.717) is 11.8 Å². The molecule has 1 N–H and O–H groups in total. The zero-order chi connectivity index (χ0) is 14.0. The maximum atomic E-state index is 12.7. The normalized spacial score (nSPS) is 23.4. The molecule has 0 aliphatic heterocycles. The Balaban J connectivity index is 2.14. The summed E-state index contributed by atoms with van der Waals surface area (Å²) < 4.78 is 0. The van der Waals surface area contributed by atoms with Crippen LogP contribution < -0.4 is 5.32 Å². The van der Waals surface area contributed by atoms with Gasteiger partial charge >= 0.3 is 0 Å². The number of Topliss-reactive ketones (excluding diaryl/α,β-unsaturated/α-hetero) is 1. The van der Waals surface area contributed by atoms with Crippen molar-refractivity contribution in [2.24, 2.45) is 5.92 Å². The van der Waals surface area contributed by atoms with Crippen LogP contribution in [0, 0.1) is 26.7 Å². The fraction of sp³-hybridized carbons (Fsp3) is 0.588. The SMILES string of the molecule is CNC1CCC(C(=O)c2cc(C)c(C)cc2C)CC1. The Morgan fingerprint density at radius 2 is 1.58 bits per heavy atom. The quantitative estimate of drug-likeness (QED) is 0.841. The minimum atomic E-state index is 0.227. The standard InChI is InChI=1S/C17H25NO/c1-11-9-13(3)16(10-12(11)2)17(19)14-5-7-15(18-4)8-6-14/h9-10,14-15,18H,5-8H2,1-4H3. The second-order valence-corrected chi connectivity index (χ2v) is 5.95. The highest BCUT2D eigenvalue weighted by Crippen LogP contribution is 2.29. The van der Waals surface area contributed by atoms with Gasteiger partial charge in [0.2, 0.25) is 0 Å². The molecule has 1 aromatic carbocycles. The van der Waals surface area contributed by atoms with Crippen LogP contribution in [-0.2, 0) is 0 Å². The van der Waals surface area contributed by atoms with Gasteiger partial charge in [-0.15, -0.1) is 0 Å². The van der Waals surface area contributed by atoms with E-state index in [0.717, 1.165) is 36.8 Å². The van der Waals surface area contributed by atoms with Gasteiger partial charge in [-0.3, -0.25) is 4.79 Å². The summed E-state index contributed by atoms with van der Waals surface area (Å²) in [5, 5.41) is 3.32. The van der Waals surface area contributed by atoms with Gasteiger partial charge in [0.25, 0.3) is 0 Å². The summed E-state index contributed by atoms with van der Waals surface area (Å²) in [7, 11) is 2.01. The summed E-state index contributed by atoms with van der Waals surface area (Å²) in [6.07, 6.45) is 4.29. The number of ketones is 1. The van der Waals surface area contributed by atoms with Crippen molar-refractivity contribution in [3.8, 4) is 0 Å². The van der Waals surface area contributed by atoms with E-state index in [-0.39, 0.29) is 5.92 Å². The number of rotatable bonds is 3. The highest BCUT2D eigenvalue weighted by molar-refractivity contribution is 5.99. The lowest BCUT2D eigenvalue weighted by Gasteiger charge is -2.27. The molecule has 1 aromatic rings. The summed E-state index contributed by atoms with van der Waals surface area (Å²) >= 11 is 0. The van der Waals surface area contributed by atoms with Crippen LogP contribution in [0.1, 0.15) is 52.7 Å². The van der Waals surface area contributed by atoms with Gasteiger partial charge in [0.05, 0.1) is 0 Å². The first-order chi connectivity index (χ1) is 9.02. The van der Waals surface area contributed by atoms with Crippen molar-refractivity contribution in [1.82, 2.24) is 5.32 Å². The van der Waals surface area contributed by atoms with E-state index in [9.17, 15) is 4.79 Å². The molecule has 2 heteroatoms. The summed E-state index contributed by atoms with van der Waals surface area (Å²) in [4.78, 5) is 12.7. The molecule has 0 saturated heterocycles. The molecule has 0 unspecified atom stereocenters. The maximum Gasteiger partial charge on any atom is 0.166 e. The van der Waals surface area contributed by atoms with Crippen molar-refractivity contribution in [3.63, 3.8) is 0 Å². The average molecular weight is 259 g/mol. The third-order valence-electron chi connectivity index (χ3n) is 4.61. The summed E-state index contributed by atoms with van der Waals surface area (Å²) in [5.41, 5.74) is 4.56. The van der Waals surface area contributed by atoms with Gasteiger partial charge in [-0.1, -0.05) is 6.07 Å². The summed E-state index contributed by atoms with van der Waals surface area (Å²) in [6, 6.07) is 4.82. The van der Waals surface area contributed by atoms with Crippen molar-refractivity contribution >= 4 is 5.78 Å². The molecule has 0 heterocycles. The van der Waals surface area contributed by atoms with Crippen LogP contribution >= 0.6 is 0 Å². The molecule has 0 amide bonds. The zero-order valence-corrected chi connectivity index (χ0v) is 12.5. The summed E-state index contributed by atoms with van der Waals surface area (Å²) in [6.45, 7) is 6.25. The molecule has 0 atom stereocenters. The van der Waals surface area contributed by atoms with Crippen LogP contribution in [0.15, 0.2) is 12.1 Å². The van der Waals surface area contributed by atoms with Crippen molar-refractivity contribution < 1.29 is 4.79 Å². The van der Waals surface area contributed by atoms with Gasteiger partial charge in [-0.2, -0.15) is 0 Å². The number of aryl methyl sites for hydroxylation is 3. The predicted molar refractivity (Wildman–Crippen MR) is 79.8 cm³/mol. The molecule has 19 heavy (non-hydrogen) atoms. The lowest BCUT2D eigenvalue weighted by molar-refractivity contribution is 0.0880. The van der Waals surface area contributed by atoms with Gasteiger partial charge in [-0.05, 0) is 76.3 Å². The number of carbonyl (C=O) groups excluding carboxylic acids is 1.